The van der Waals surface area contributed by atoms with Crippen LogP contribution in [0.15, 0.2) is 103 Å². The van der Waals surface area contributed by atoms with Crippen molar-refractivity contribution in [1.29, 1.82) is 0 Å². The molecule has 0 saturated carbocycles. The zero-order chi connectivity index (χ0) is 19.2. The molecule has 3 heteroatoms. The van der Waals surface area contributed by atoms with Crippen molar-refractivity contribution in [1.82, 2.24) is 5.32 Å². The van der Waals surface area contributed by atoms with Crippen LogP contribution in [0, 0.1) is 0 Å². The summed E-state index contributed by atoms with van der Waals surface area (Å²) < 4.78 is 0. The number of hydrogen-bond acceptors (Lipinski definition) is 2. The fourth-order valence-corrected chi connectivity index (χ4v) is 3.42. The van der Waals surface area contributed by atoms with E-state index in [1.807, 2.05) is 84.9 Å². The number of rotatable bonds is 6. The highest BCUT2D eigenvalue weighted by molar-refractivity contribution is 5.95. The first-order chi connectivity index (χ1) is 13.8. The lowest BCUT2D eigenvalue weighted by molar-refractivity contribution is -0.119. The second-order valence-corrected chi connectivity index (χ2v) is 6.70. The van der Waals surface area contributed by atoms with Crippen LogP contribution in [0.25, 0.3) is 10.8 Å². The average molecular weight is 366 g/mol. The molecule has 0 atom stereocenters. The molecule has 138 valence electrons. The quantitative estimate of drug-likeness (QED) is 0.495. The molecule has 0 aliphatic heterocycles. The second kappa shape index (κ2) is 8.40. The van der Waals surface area contributed by atoms with Crippen LogP contribution in [0.5, 0.6) is 0 Å². The second-order valence-electron chi connectivity index (χ2n) is 6.70. The van der Waals surface area contributed by atoms with E-state index < -0.39 is 0 Å². The maximum Gasteiger partial charge on any atom is 0.240 e. The van der Waals surface area contributed by atoms with E-state index >= 15 is 0 Å². The number of fused-ring (bicyclic) bond motifs is 1. The van der Waals surface area contributed by atoms with Crippen molar-refractivity contribution < 1.29 is 4.79 Å². The summed E-state index contributed by atoms with van der Waals surface area (Å²) in [5, 5.41) is 8.71. The summed E-state index contributed by atoms with van der Waals surface area (Å²) in [6, 6.07) is 34.1. The fourth-order valence-electron chi connectivity index (χ4n) is 3.42. The van der Waals surface area contributed by atoms with Gasteiger partial charge in [0.05, 0.1) is 12.6 Å². The van der Waals surface area contributed by atoms with Gasteiger partial charge in [-0.05, 0) is 22.6 Å². The molecule has 4 aromatic rings. The van der Waals surface area contributed by atoms with Gasteiger partial charge in [-0.1, -0.05) is 97.1 Å². The van der Waals surface area contributed by atoms with E-state index in [1.54, 1.807) is 0 Å². The van der Waals surface area contributed by atoms with E-state index in [-0.39, 0.29) is 18.5 Å². The molecule has 0 aliphatic rings. The first-order valence-corrected chi connectivity index (χ1v) is 9.42. The number of carbonyl (C=O) groups is 1. The SMILES string of the molecule is O=C(CNc1cccc2ccccc12)NC(c1ccccc1)c1ccccc1. The standard InChI is InChI=1S/C25H22N2O/c28-24(18-26-23-17-9-15-19-10-7-8-16-22(19)23)27-25(20-11-3-1-4-12-20)21-13-5-2-6-14-21/h1-17,25-26H,18H2,(H,27,28). The summed E-state index contributed by atoms with van der Waals surface area (Å²) in [5.74, 6) is -0.0503. The average Bonchev–Trinajstić information content (AvgIpc) is 2.77. The minimum atomic E-state index is -0.177. The van der Waals surface area contributed by atoms with Crippen molar-refractivity contribution in [2.75, 3.05) is 11.9 Å². The molecule has 1 amide bonds. The van der Waals surface area contributed by atoms with E-state index in [1.165, 1.54) is 0 Å². The summed E-state index contributed by atoms with van der Waals surface area (Å²) in [7, 11) is 0. The van der Waals surface area contributed by atoms with E-state index in [2.05, 4.69) is 28.8 Å². The van der Waals surface area contributed by atoms with Crippen molar-refractivity contribution in [3.63, 3.8) is 0 Å². The number of carbonyl (C=O) groups excluding carboxylic acids is 1. The highest BCUT2D eigenvalue weighted by atomic mass is 16.1. The molecular weight excluding hydrogens is 344 g/mol. The molecule has 4 rings (SSSR count). The van der Waals surface area contributed by atoms with Crippen LogP contribution in [0.3, 0.4) is 0 Å². The summed E-state index contributed by atoms with van der Waals surface area (Å²) in [6.45, 7) is 0.212. The van der Waals surface area contributed by atoms with Crippen LogP contribution in [-0.4, -0.2) is 12.5 Å². The van der Waals surface area contributed by atoms with Crippen molar-refractivity contribution in [2.24, 2.45) is 0 Å². The fraction of sp³-hybridized carbons (Fsp3) is 0.0800. The van der Waals surface area contributed by atoms with Gasteiger partial charge >= 0.3 is 0 Å². The number of anilines is 1. The molecular formula is C25H22N2O. The van der Waals surface area contributed by atoms with Gasteiger partial charge in [0.1, 0.15) is 0 Å². The van der Waals surface area contributed by atoms with Crippen LogP contribution >= 0.6 is 0 Å². The van der Waals surface area contributed by atoms with Gasteiger partial charge in [0.25, 0.3) is 0 Å². The third-order valence-corrected chi connectivity index (χ3v) is 4.80. The predicted octanol–water partition coefficient (Wildman–Crippen LogP) is 5.16. The molecule has 0 unspecified atom stereocenters. The Hall–Kier alpha value is -3.59. The lowest BCUT2D eigenvalue weighted by Gasteiger charge is -2.20. The zero-order valence-electron chi connectivity index (χ0n) is 15.5. The van der Waals surface area contributed by atoms with Gasteiger partial charge in [0, 0.05) is 11.1 Å². The highest BCUT2D eigenvalue weighted by Crippen LogP contribution is 2.24. The highest BCUT2D eigenvalue weighted by Gasteiger charge is 2.16. The van der Waals surface area contributed by atoms with Gasteiger partial charge in [-0.25, -0.2) is 0 Å². The number of nitrogens with one attached hydrogen (secondary N) is 2. The number of amides is 1. The molecule has 28 heavy (non-hydrogen) atoms. The van der Waals surface area contributed by atoms with E-state index in [0.29, 0.717) is 0 Å². The zero-order valence-corrected chi connectivity index (χ0v) is 15.5. The molecule has 4 aromatic carbocycles. The number of benzene rings is 4. The minimum Gasteiger partial charge on any atom is -0.376 e. The van der Waals surface area contributed by atoms with Crippen LogP contribution in [0.4, 0.5) is 5.69 Å². The Morgan fingerprint density at radius 1 is 0.679 bits per heavy atom. The van der Waals surface area contributed by atoms with Gasteiger partial charge in [-0.3, -0.25) is 4.79 Å². The lowest BCUT2D eigenvalue weighted by Crippen LogP contribution is -2.34. The molecule has 0 bridgehead atoms. The topological polar surface area (TPSA) is 41.1 Å². The van der Waals surface area contributed by atoms with Gasteiger partial charge in [0.2, 0.25) is 5.91 Å². The maximum atomic E-state index is 12.7. The predicted molar refractivity (Wildman–Crippen MR) is 115 cm³/mol. The first kappa shape index (κ1) is 17.8. The normalized spacial score (nSPS) is 10.8. The molecule has 0 aliphatic carbocycles. The first-order valence-electron chi connectivity index (χ1n) is 9.42. The third kappa shape index (κ3) is 4.04. The van der Waals surface area contributed by atoms with Crippen molar-refractivity contribution >= 4 is 22.4 Å². The molecule has 3 nitrogen and oxygen atoms in total. The van der Waals surface area contributed by atoms with Crippen LogP contribution in [0.1, 0.15) is 17.2 Å². The molecule has 2 N–H and O–H groups in total. The largest absolute Gasteiger partial charge is 0.376 e. The van der Waals surface area contributed by atoms with Crippen molar-refractivity contribution in [3.8, 4) is 0 Å². The van der Waals surface area contributed by atoms with Crippen molar-refractivity contribution in [2.45, 2.75) is 6.04 Å². The van der Waals surface area contributed by atoms with E-state index in [9.17, 15) is 4.79 Å². The van der Waals surface area contributed by atoms with Gasteiger partial charge in [0.15, 0.2) is 0 Å². The molecule has 0 aromatic heterocycles. The molecule has 0 fully saturated rings. The summed E-state index contributed by atoms with van der Waals surface area (Å²) >= 11 is 0. The van der Waals surface area contributed by atoms with Crippen LogP contribution < -0.4 is 10.6 Å². The Kier molecular flexibility index (Phi) is 5.34. The summed E-state index contributed by atoms with van der Waals surface area (Å²) in [4.78, 5) is 12.7. The van der Waals surface area contributed by atoms with Crippen LogP contribution in [0.2, 0.25) is 0 Å². The van der Waals surface area contributed by atoms with Gasteiger partial charge < -0.3 is 10.6 Å². The van der Waals surface area contributed by atoms with E-state index in [4.69, 9.17) is 0 Å². The summed E-state index contributed by atoms with van der Waals surface area (Å²) in [6.07, 6.45) is 0. The van der Waals surface area contributed by atoms with Gasteiger partial charge in [-0.2, -0.15) is 0 Å². The molecule has 0 radical (unpaired) electrons. The number of hydrogen-bond donors (Lipinski definition) is 2. The summed E-state index contributed by atoms with van der Waals surface area (Å²) in [5.41, 5.74) is 3.09. The Morgan fingerprint density at radius 2 is 1.25 bits per heavy atom. The van der Waals surface area contributed by atoms with Crippen molar-refractivity contribution in [3.05, 3.63) is 114 Å². The lowest BCUT2D eigenvalue weighted by atomic mass is 9.99. The monoisotopic (exact) mass is 366 g/mol. The molecule has 0 saturated heterocycles. The maximum absolute atomic E-state index is 12.7. The van der Waals surface area contributed by atoms with E-state index in [0.717, 1.165) is 27.6 Å². The van der Waals surface area contributed by atoms with Crippen LogP contribution in [-0.2, 0) is 4.79 Å². The smallest absolute Gasteiger partial charge is 0.240 e. The third-order valence-electron chi connectivity index (χ3n) is 4.80. The Morgan fingerprint density at radius 3 is 1.93 bits per heavy atom. The Bertz CT molecular complexity index is 1020. The minimum absolute atomic E-state index is 0.0503. The van der Waals surface area contributed by atoms with Gasteiger partial charge in [-0.15, -0.1) is 0 Å². The molecule has 0 heterocycles. The molecule has 0 spiro atoms. The Labute approximate surface area is 165 Å². The Balaban J connectivity index is 1.50.